The number of rotatable bonds is 6. The first-order valence-electron chi connectivity index (χ1n) is 6.75. The summed E-state index contributed by atoms with van der Waals surface area (Å²) >= 11 is 0. The molecule has 4 heteroatoms. The van der Waals surface area contributed by atoms with E-state index in [0.29, 0.717) is 6.54 Å². The van der Waals surface area contributed by atoms with Crippen LogP contribution in [0.2, 0.25) is 0 Å². The smallest absolute Gasteiger partial charge is 0.228 e. The van der Waals surface area contributed by atoms with Crippen molar-refractivity contribution in [3.8, 4) is 0 Å². The monoisotopic (exact) mass is 263 g/mol. The van der Waals surface area contributed by atoms with E-state index in [-0.39, 0.29) is 11.8 Å². The van der Waals surface area contributed by atoms with Crippen LogP contribution in [0.5, 0.6) is 0 Å². The van der Waals surface area contributed by atoms with Crippen molar-refractivity contribution in [3.63, 3.8) is 0 Å². The molecule has 0 aliphatic rings. The van der Waals surface area contributed by atoms with Crippen molar-refractivity contribution in [1.82, 2.24) is 5.32 Å². The van der Waals surface area contributed by atoms with Gasteiger partial charge >= 0.3 is 0 Å². The van der Waals surface area contributed by atoms with Crippen LogP contribution >= 0.6 is 0 Å². The lowest BCUT2D eigenvalue weighted by molar-refractivity contribution is -0.119. The summed E-state index contributed by atoms with van der Waals surface area (Å²) in [5.41, 5.74) is 3.10. The molecule has 1 unspecified atom stereocenters. The van der Waals surface area contributed by atoms with Crippen molar-refractivity contribution in [2.75, 3.05) is 37.4 Å². The number of anilines is 2. The maximum absolute atomic E-state index is 12.0. The zero-order valence-corrected chi connectivity index (χ0v) is 12.6. The van der Waals surface area contributed by atoms with Crippen molar-refractivity contribution < 1.29 is 4.79 Å². The fraction of sp³-hybridized carbons (Fsp3) is 0.533. The quantitative estimate of drug-likeness (QED) is 0.827. The van der Waals surface area contributed by atoms with Crippen LogP contribution in [0.1, 0.15) is 19.4 Å². The van der Waals surface area contributed by atoms with Gasteiger partial charge in [-0.3, -0.25) is 4.79 Å². The molecule has 0 heterocycles. The highest BCUT2D eigenvalue weighted by atomic mass is 16.1. The maximum Gasteiger partial charge on any atom is 0.228 e. The summed E-state index contributed by atoms with van der Waals surface area (Å²) in [5.74, 6) is 0.0227. The second-order valence-corrected chi connectivity index (χ2v) is 5.09. The topological polar surface area (TPSA) is 44.4 Å². The zero-order chi connectivity index (χ0) is 14.4. The van der Waals surface area contributed by atoms with Gasteiger partial charge in [-0.15, -0.1) is 0 Å². The van der Waals surface area contributed by atoms with E-state index in [9.17, 15) is 4.79 Å². The highest BCUT2D eigenvalue weighted by Gasteiger charge is 2.13. The molecule has 0 radical (unpaired) electrons. The van der Waals surface area contributed by atoms with Crippen molar-refractivity contribution in [2.45, 2.75) is 20.8 Å². The summed E-state index contributed by atoms with van der Waals surface area (Å²) in [6, 6.07) is 6.05. The number of nitrogens with one attached hydrogen (secondary N) is 2. The molecule has 0 fully saturated rings. The molecule has 2 N–H and O–H groups in total. The number of hydrogen-bond acceptors (Lipinski definition) is 3. The highest BCUT2D eigenvalue weighted by molar-refractivity contribution is 5.93. The number of aryl methyl sites for hydroxylation is 1. The van der Waals surface area contributed by atoms with Crippen LogP contribution in [0, 0.1) is 12.8 Å². The maximum atomic E-state index is 12.0. The van der Waals surface area contributed by atoms with E-state index in [1.54, 1.807) is 0 Å². The van der Waals surface area contributed by atoms with E-state index in [1.165, 1.54) is 0 Å². The minimum absolute atomic E-state index is 0.0344. The Kier molecular flexibility index (Phi) is 5.83. The number of hydrogen-bond donors (Lipinski definition) is 2. The first-order valence-corrected chi connectivity index (χ1v) is 6.75. The largest absolute Gasteiger partial charge is 0.378 e. The third-order valence-electron chi connectivity index (χ3n) is 3.13. The summed E-state index contributed by atoms with van der Waals surface area (Å²) in [6.45, 7) is 7.57. The van der Waals surface area contributed by atoms with Crippen LogP contribution in [0.15, 0.2) is 18.2 Å². The normalized spacial score (nSPS) is 12.1. The van der Waals surface area contributed by atoms with Crippen LogP contribution in [-0.2, 0) is 4.79 Å². The van der Waals surface area contributed by atoms with Gasteiger partial charge in [0.1, 0.15) is 0 Å². The molecular formula is C15H25N3O. The summed E-state index contributed by atoms with van der Waals surface area (Å²) in [4.78, 5) is 14.1. The number of amides is 1. The Hall–Kier alpha value is -1.55. The second-order valence-electron chi connectivity index (χ2n) is 5.09. The van der Waals surface area contributed by atoms with Crippen molar-refractivity contribution >= 4 is 17.3 Å². The van der Waals surface area contributed by atoms with Crippen LogP contribution in [0.3, 0.4) is 0 Å². The van der Waals surface area contributed by atoms with E-state index in [2.05, 4.69) is 16.7 Å². The second kappa shape index (κ2) is 7.14. The Labute approximate surface area is 116 Å². The van der Waals surface area contributed by atoms with Crippen LogP contribution in [0.25, 0.3) is 0 Å². The summed E-state index contributed by atoms with van der Waals surface area (Å²) in [6.07, 6.45) is 0. The third-order valence-corrected chi connectivity index (χ3v) is 3.13. The fourth-order valence-corrected chi connectivity index (χ4v) is 1.78. The van der Waals surface area contributed by atoms with Crippen molar-refractivity contribution in [3.05, 3.63) is 23.8 Å². The summed E-state index contributed by atoms with van der Waals surface area (Å²) < 4.78 is 0. The van der Waals surface area contributed by atoms with Crippen molar-refractivity contribution in [2.24, 2.45) is 5.92 Å². The molecule has 0 saturated carbocycles. The lowest BCUT2D eigenvalue weighted by Gasteiger charge is -2.17. The molecular weight excluding hydrogens is 238 g/mol. The summed E-state index contributed by atoms with van der Waals surface area (Å²) in [7, 11) is 4.01. The average Bonchev–Trinajstić information content (AvgIpc) is 2.37. The number of nitrogens with zero attached hydrogens (tertiary/aromatic N) is 1. The van der Waals surface area contributed by atoms with Gasteiger partial charge in [-0.05, 0) is 37.2 Å². The minimum Gasteiger partial charge on any atom is -0.378 e. The SMILES string of the molecule is CCNCC(C)C(=O)Nc1ccc(N(C)C)cc1C. The van der Waals surface area contributed by atoms with E-state index in [1.807, 2.05) is 51.9 Å². The molecule has 0 spiro atoms. The van der Waals surface area contributed by atoms with Gasteiger partial charge in [0.25, 0.3) is 0 Å². The molecule has 0 aromatic heterocycles. The predicted octanol–water partition coefficient (Wildman–Crippen LogP) is 2.25. The molecule has 1 amide bonds. The Balaban J connectivity index is 2.69. The molecule has 1 rings (SSSR count). The molecule has 1 aromatic rings. The molecule has 0 aliphatic heterocycles. The lowest BCUT2D eigenvalue weighted by Crippen LogP contribution is -2.30. The van der Waals surface area contributed by atoms with Crippen LogP contribution < -0.4 is 15.5 Å². The molecule has 1 aromatic carbocycles. The number of benzene rings is 1. The zero-order valence-electron chi connectivity index (χ0n) is 12.6. The molecule has 4 nitrogen and oxygen atoms in total. The van der Waals surface area contributed by atoms with E-state index >= 15 is 0 Å². The van der Waals surface area contributed by atoms with Gasteiger partial charge in [-0.1, -0.05) is 13.8 Å². The van der Waals surface area contributed by atoms with Crippen LogP contribution in [0.4, 0.5) is 11.4 Å². The first kappa shape index (κ1) is 15.5. The Morgan fingerprint density at radius 3 is 2.58 bits per heavy atom. The van der Waals surface area contributed by atoms with E-state index in [0.717, 1.165) is 23.5 Å². The molecule has 0 aliphatic carbocycles. The van der Waals surface area contributed by atoms with Gasteiger partial charge in [-0.2, -0.15) is 0 Å². The van der Waals surface area contributed by atoms with Gasteiger partial charge in [-0.25, -0.2) is 0 Å². The van der Waals surface area contributed by atoms with Crippen molar-refractivity contribution in [1.29, 1.82) is 0 Å². The van der Waals surface area contributed by atoms with Gasteiger partial charge in [0.05, 0.1) is 0 Å². The molecule has 0 saturated heterocycles. The van der Waals surface area contributed by atoms with Gasteiger partial charge < -0.3 is 15.5 Å². The predicted molar refractivity (Wildman–Crippen MR) is 81.8 cm³/mol. The van der Waals surface area contributed by atoms with Gasteiger partial charge in [0, 0.05) is 37.9 Å². The minimum atomic E-state index is -0.0344. The first-order chi connectivity index (χ1) is 8.95. The Bertz CT molecular complexity index is 429. The van der Waals surface area contributed by atoms with E-state index in [4.69, 9.17) is 0 Å². The third kappa shape index (κ3) is 4.56. The number of carbonyl (C=O) groups is 1. The average molecular weight is 263 g/mol. The van der Waals surface area contributed by atoms with E-state index < -0.39 is 0 Å². The standard InChI is InChI=1S/C15H25N3O/c1-6-16-10-12(3)15(19)17-14-8-7-13(18(4)5)9-11(14)2/h7-9,12,16H,6,10H2,1-5H3,(H,17,19). The number of carbonyl (C=O) groups excluding carboxylic acids is 1. The molecule has 1 atom stereocenters. The van der Waals surface area contributed by atoms with Crippen LogP contribution in [-0.4, -0.2) is 33.1 Å². The van der Waals surface area contributed by atoms with Gasteiger partial charge in [0.2, 0.25) is 5.91 Å². The van der Waals surface area contributed by atoms with Gasteiger partial charge in [0.15, 0.2) is 0 Å². The fourth-order valence-electron chi connectivity index (χ4n) is 1.78. The Morgan fingerprint density at radius 2 is 2.05 bits per heavy atom. The molecule has 19 heavy (non-hydrogen) atoms. The lowest BCUT2D eigenvalue weighted by atomic mass is 10.1. The highest BCUT2D eigenvalue weighted by Crippen LogP contribution is 2.21. The Morgan fingerprint density at radius 1 is 1.37 bits per heavy atom. The molecule has 0 bridgehead atoms. The summed E-state index contributed by atoms with van der Waals surface area (Å²) in [5, 5.41) is 6.17. The molecule has 106 valence electrons.